The molecule has 28 heavy (non-hydrogen) atoms. The summed E-state index contributed by atoms with van der Waals surface area (Å²) in [4.78, 5) is 13.9. The Hall–Kier alpha value is -0.830. The van der Waals surface area contributed by atoms with Gasteiger partial charge in [0.2, 0.25) is 0 Å². The van der Waals surface area contributed by atoms with Gasteiger partial charge in [0.05, 0.1) is 6.61 Å². The van der Waals surface area contributed by atoms with Crippen molar-refractivity contribution in [1.29, 1.82) is 0 Å². The van der Waals surface area contributed by atoms with Crippen LogP contribution in [0.15, 0.2) is 12.2 Å². The number of nitrogens with zero attached hydrogens (tertiary/aromatic N) is 1. The van der Waals surface area contributed by atoms with E-state index in [2.05, 4.69) is 38.1 Å². The van der Waals surface area contributed by atoms with Crippen LogP contribution in [0, 0.1) is 11.8 Å². The maximum absolute atomic E-state index is 11.7. The molecule has 0 amide bonds. The molecule has 164 valence electrons. The van der Waals surface area contributed by atoms with Gasteiger partial charge in [0.15, 0.2) is 0 Å². The van der Waals surface area contributed by atoms with Gasteiger partial charge in [-0.25, -0.2) is 0 Å². The number of carbonyl (C=O) groups is 1. The van der Waals surface area contributed by atoms with Crippen LogP contribution < -0.4 is 0 Å². The van der Waals surface area contributed by atoms with Crippen molar-refractivity contribution in [2.75, 3.05) is 27.2 Å². The van der Waals surface area contributed by atoms with E-state index in [9.17, 15) is 4.79 Å². The second-order valence-corrected chi connectivity index (χ2v) is 9.19. The smallest absolute Gasteiger partial charge is 0.305 e. The van der Waals surface area contributed by atoms with Crippen LogP contribution in [0.4, 0.5) is 0 Å². The number of hydrogen-bond donors (Lipinski definition) is 0. The Bertz CT molecular complexity index is 405. The fourth-order valence-electron chi connectivity index (χ4n) is 4.06. The second kappa shape index (κ2) is 17.1. The van der Waals surface area contributed by atoms with Gasteiger partial charge in [-0.3, -0.25) is 4.79 Å². The summed E-state index contributed by atoms with van der Waals surface area (Å²) in [5, 5.41) is 0. The zero-order chi connectivity index (χ0) is 20.5. The van der Waals surface area contributed by atoms with Crippen LogP contribution in [0.1, 0.15) is 103 Å². The first-order chi connectivity index (χ1) is 13.6. The number of allylic oxidation sites excluding steroid dienone is 2. The molecule has 1 aliphatic carbocycles. The van der Waals surface area contributed by atoms with E-state index in [1.165, 1.54) is 64.2 Å². The summed E-state index contributed by atoms with van der Waals surface area (Å²) < 4.78 is 5.31. The topological polar surface area (TPSA) is 29.5 Å². The van der Waals surface area contributed by atoms with Crippen LogP contribution >= 0.6 is 0 Å². The Morgan fingerprint density at radius 3 is 2.43 bits per heavy atom. The molecule has 2 atom stereocenters. The van der Waals surface area contributed by atoms with E-state index in [1.54, 1.807) is 0 Å². The Morgan fingerprint density at radius 1 is 1.00 bits per heavy atom. The van der Waals surface area contributed by atoms with Crippen molar-refractivity contribution < 1.29 is 9.53 Å². The zero-order valence-corrected chi connectivity index (χ0v) is 19.1. The summed E-state index contributed by atoms with van der Waals surface area (Å²) in [6.45, 7) is 4.02. The largest absolute Gasteiger partial charge is 0.466 e. The van der Waals surface area contributed by atoms with Crippen LogP contribution in [0.3, 0.4) is 0 Å². The highest BCUT2D eigenvalue weighted by Gasteiger charge is 2.08. The third-order valence-corrected chi connectivity index (χ3v) is 5.97. The average Bonchev–Trinajstić information content (AvgIpc) is 3.17. The SMILES string of the molecule is CC(CCCCCCCC1C=CCC1)CCCCC(=O)OCCCCN(C)C. The summed E-state index contributed by atoms with van der Waals surface area (Å²) in [7, 11) is 4.14. The molecule has 0 saturated carbocycles. The summed E-state index contributed by atoms with van der Waals surface area (Å²) in [5.41, 5.74) is 0. The number of hydrogen-bond acceptors (Lipinski definition) is 3. The molecule has 1 aliphatic rings. The van der Waals surface area contributed by atoms with E-state index >= 15 is 0 Å². The molecule has 0 spiro atoms. The summed E-state index contributed by atoms with van der Waals surface area (Å²) in [5.74, 6) is 1.68. The molecule has 2 unspecified atom stereocenters. The average molecular weight is 394 g/mol. The van der Waals surface area contributed by atoms with Crippen molar-refractivity contribution >= 4 is 5.97 Å². The summed E-state index contributed by atoms with van der Waals surface area (Å²) in [6.07, 6.45) is 23.3. The van der Waals surface area contributed by atoms with Crippen LogP contribution in [-0.4, -0.2) is 38.1 Å². The normalized spacial score (nSPS) is 17.4. The lowest BCUT2D eigenvalue weighted by Gasteiger charge is -2.11. The monoisotopic (exact) mass is 393 g/mol. The summed E-state index contributed by atoms with van der Waals surface area (Å²) >= 11 is 0. The van der Waals surface area contributed by atoms with Gasteiger partial charge in [-0.1, -0.05) is 70.4 Å². The van der Waals surface area contributed by atoms with Crippen LogP contribution in [-0.2, 0) is 9.53 Å². The van der Waals surface area contributed by atoms with Gasteiger partial charge in [-0.2, -0.15) is 0 Å². The zero-order valence-electron chi connectivity index (χ0n) is 19.1. The minimum absolute atomic E-state index is 0.00870. The minimum Gasteiger partial charge on any atom is -0.466 e. The molecule has 0 aromatic rings. The number of esters is 1. The van der Waals surface area contributed by atoms with E-state index in [0.29, 0.717) is 13.0 Å². The highest BCUT2D eigenvalue weighted by atomic mass is 16.5. The molecule has 0 aromatic heterocycles. The quantitative estimate of drug-likeness (QED) is 0.146. The Balaban J connectivity index is 1.81. The number of carbonyl (C=O) groups excluding carboxylic acids is 1. The van der Waals surface area contributed by atoms with E-state index in [-0.39, 0.29) is 5.97 Å². The highest BCUT2D eigenvalue weighted by Crippen LogP contribution is 2.23. The Morgan fingerprint density at radius 2 is 1.71 bits per heavy atom. The predicted molar refractivity (Wildman–Crippen MR) is 121 cm³/mol. The van der Waals surface area contributed by atoms with Gasteiger partial charge in [0, 0.05) is 6.42 Å². The van der Waals surface area contributed by atoms with Crippen molar-refractivity contribution in [2.24, 2.45) is 11.8 Å². The number of rotatable bonds is 18. The molecule has 1 rings (SSSR count). The number of unbranched alkanes of at least 4 members (excludes halogenated alkanes) is 6. The maximum atomic E-state index is 11.7. The highest BCUT2D eigenvalue weighted by molar-refractivity contribution is 5.69. The predicted octanol–water partition coefficient (Wildman–Crippen LogP) is 6.76. The lowest BCUT2D eigenvalue weighted by Crippen LogP contribution is -2.14. The van der Waals surface area contributed by atoms with Crippen LogP contribution in [0.25, 0.3) is 0 Å². The van der Waals surface area contributed by atoms with Crippen molar-refractivity contribution in [2.45, 2.75) is 103 Å². The van der Waals surface area contributed by atoms with Crippen molar-refractivity contribution in [3.8, 4) is 0 Å². The lowest BCUT2D eigenvalue weighted by atomic mass is 9.95. The fraction of sp³-hybridized carbons (Fsp3) is 0.880. The number of ether oxygens (including phenoxy) is 1. The van der Waals surface area contributed by atoms with Gasteiger partial charge in [0.25, 0.3) is 0 Å². The second-order valence-electron chi connectivity index (χ2n) is 9.19. The fourth-order valence-corrected chi connectivity index (χ4v) is 4.06. The van der Waals surface area contributed by atoms with Gasteiger partial charge in [-0.05, 0) is 71.0 Å². The maximum Gasteiger partial charge on any atom is 0.305 e. The molecular formula is C25H47NO2. The van der Waals surface area contributed by atoms with E-state index in [1.807, 2.05) is 0 Å². The van der Waals surface area contributed by atoms with Crippen LogP contribution in [0.5, 0.6) is 0 Å². The van der Waals surface area contributed by atoms with E-state index < -0.39 is 0 Å². The Kier molecular flexibility index (Phi) is 15.4. The minimum atomic E-state index is -0.00870. The molecule has 0 aliphatic heterocycles. The van der Waals surface area contributed by atoms with Gasteiger partial charge in [-0.15, -0.1) is 0 Å². The molecule has 0 fully saturated rings. The van der Waals surface area contributed by atoms with Gasteiger partial charge < -0.3 is 9.64 Å². The third-order valence-electron chi connectivity index (χ3n) is 5.97. The summed E-state index contributed by atoms with van der Waals surface area (Å²) in [6, 6.07) is 0. The van der Waals surface area contributed by atoms with Crippen molar-refractivity contribution in [3.63, 3.8) is 0 Å². The molecule has 0 heterocycles. The molecule has 0 aromatic carbocycles. The van der Waals surface area contributed by atoms with Gasteiger partial charge >= 0.3 is 5.97 Å². The van der Waals surface area contributed by atoms with Crippen molar-refractivity contribution in [1.82, 2.24) is 4.90 Å². The van der Waals surface area contributed by atoms with Crippen molar-refractivity contribution in [3.05, 3.63) is 12.2 Å². The van der Waals surface area contributed by atoms with Gasteiger partial charge in [0.1, 0.15) is 0 Å². The lowest BCUT2D eigenvalue weighted by molar-refractivity contribution is -0.143. The first kappa shape index (κ1) is 25.2. The molecule has 3 heteroatoms. The molecule has 0 saturated heterocycles. The molecular weight excluding hydrogens is 346 g/mol. The first-order valence-electron chi connectivity index (χ1n) is 12.0. The third kappa shape index (κ3) is 15.1. The van der Waals surface area contributed by atoms with E-state index in [4.69, 9.17) is 4.74 Å². The Labute approximate surface area is 175 Å². The molecule has 0 bridgehead atoms. The molecule has 0 radical (unpaired) electrons. The standard InChI is InChI=1S/C25H47NO2/c1-23(15-7-5-4-6-8-17-24-18-10-11-19-24)16-9-12-20-25(27)28-22-14-13-21-26(2)3/h10,18,23-24H,4-9,11-17,19-22H2,1-3H3. The molecule has 3 nitrogen and oxygen atoms in total. The first-order valence-corrected chi connectivity index (χ1v) is 12.0. The van der Waals surface area contributed by atoms with Crippen LogP contribution in [0.2, 0.25) is 0 Å². The van der Waals surface area contributed by atoms with E-state index in [0.717, 1.165) is 44.1 Å². The molecule has 0 N–H and O–H groups in total.